The first kappa shape index (κ1) is 36.5. The molecule has 1 saturated carbocycles. The number of nitrogens with zero attached hydrogens (tertiary/aromatic N) is 1. The summed E-state index contributed by atoms with van der Waals surface area (Å²) in [5, 5.41) is -0.0331. The van der Waals surface area contributed by atoms with Crippen LogP contribution in [0.4, 0.5) is 4.79 Å². The van der Waals surface area contributed by atoms with E-state index in [2.05, 4.69) is 108 Å². The Morgan fingerprint density at radius 3 is 1.71 bits per heavy atom. The molecule has 0 radical (unpaired) electrons. The molecule has 0 unspecified atom stereocenters. The van der Waals surface area contributed by atoms with Crippen LogP contribution in [-0.4, -0.2) is 74.2 Å². The van der Waals surface area contributed by atoms with Crippen molar-refractivity contribution in [1.82, 2.24) is 4.90 Å². The van der Waals surface area contributed by atoms with Crippen LogP contribution >= 0.6 is 0 Å². The summed E-state index contributed by atoms with van der Waals surface area (Å²) in [5.74, 6) is 1.29. The lowest BCUT2D eigenvalue weighted by Gasteiger charge is -2.58. The molecule has 1 amide bonds. The molecule has 2 aliphatic heterocycles. The topological polar surface area (TPSA) is 75.7 Å². The van der Waals surface area contributed by atoms with E-state index in [0.717, 1.165) is 16.9 Å². The highest BCUT2D eigenvalue weighted by Crippen LogP contribution is 2.53. The molecule has 1 aromatic rings. The van der Waals surface area contributed by atoms with Crippen LogP contribution in [0.25, 0.3) is 0 Å². The van der Waals surface area contributed by atoms with Gasteiger partial charge in [0.05, 0.1) is 31.5 Å². The molecule has 45 heavy (non-hydrogen) atoms. The zero-order valence-corrected chi connectivity index (χ0v) is 34.0. The molecule has 11 heteroatoms. The molecule has 2 heterocycles. The van der Waals surface area contributed by atoms with E-state index >= 15 is 0 Å². The molecular weight excluding hydrogens is 619 g/mol. The summed E-state index contributed by atoms with van der Waals surface area (Å²) in [5.41, 5.74) is 2.17. The molecule has 0 bridgehead atoms. The van der Waals surface area contributed by atoms with Crippen molar-refractivity contribution in [3.8, 4) is 11.5 Å². The first-order valence-electron chi connectivity index (χ1n) is 16.6. The maximum atomic E-state index is 13.8. The van der Waals surface area contributed by atoms with Crippen LogP contribution < -0.4 is 9.47 Å². The van der Waals surface area contributed by atoms with Gasteiger partial charge in [-0.05, 0) is 77.7 Å². The first-order valence-corrected chi connectivity index (χ1v) is 25.3. The van der Waals surface area contributed by atoms with Gasteiger partial charge < -0.3 is 27.5 Å². The van der Waals surface area contributed by atoms with E-state index in [1.165, 1.54) is 7.11 Å². The largest absolute Gasteiger partial charge is 0.454 e. The van der Waals surface area contributed by atoms with Crippen LogP contribution in [0.2, 0.25) is 54.4 Å². The maximum absolute atomic E-state index is 13.8. The summed E-state index contributed by atoms with van der Waals surface area (Å²) in [7, 11) is -5.39. The monoisotopic (exact) mass is 679 g/mol. The molecule has 8 nitrogen and oxygen atoms in total. The normalized spacial score (nSPS) is 26.0. The summed E-state index contributed by atoms with van der Waals surface area (Å²) < 4.78 is 39.4. The Labute approximate surface area is 276 Å². The van der Waals surface area contributed by atoms with Crippen LogP contribution in [0.3, 0.4) is 0 Å². The fraction of sp³-hybridized carbons (Fsp3) is 0.794. The number of amides is 1. The third-order valence-electron chi connectivity index (χ3n) is 11.8. The Bertz CT molecular complexity index is 1260. The van der Waals surface area contributed by atoms with E-state index in [1.54, 1.807) is 0 Å². The van der Waals surface area contributed by atoms with Gasteiger partial charge in [-0.2, -0.15) is 0 Å². The lowest BCUT2D eigenvalue weighted by Crippen LogP contribution is -2.67. The van der Waals surface area contributed by atoms with Gasteiger partial charge in [-0.3, -0.25) is 4.90 Å². The minimum Gasteiger partial charge on any atom is -0.454 e. The quantitative estimate of drug-likeness (QED) is 0.278. The predicted octanol–water partition coefficient (Wildman–Crippen LogP) is 9.02. The lowest BCUT2D eigenvalue weighted by atomic mass is 9.71. The maximum Gasteiger partial charge on any atom is 0.410 e. The number of methoxy groups -OCH3 is 1. The number of carbonyl (C=O) groups is 1. The van der Waals surface area contributed by atoms with Gasteiger partial charge in [-0.25, -0.2) is 4.79 Å². The second kappa shape index (κ2) is 11.9. The summed E-state index contributed by atoms with van der Waals surface area (Å²) in [4.78, 5) is 15.7. The van der Waals surface area contributed by atoms with Gasteiger partial charge in [0, 0.05) is 18.9 Å². The van der Waals surface area contributed by atoms with Gasteiger partial charge in [0.25, 0.3) is 0 Å². The smallest absolute Gasteiger partial charge is 0.410 e. The van der Waals surface area contributed by atoms with Crippen molar-refractivity contribution in [2.24, 2.45) is 0 Å². The van der Waals surface area contributed by atoms with Crippen molar-refractivity contribution in [3.63, 3.8) is 0 Å². The number of benzene rings is 1. The van der Waals surface area contributed by atoms with Crippen LogP contribution in [0.5, 0.6) is 11.5 Å². The van der Waals surface area contributed by atoms with E-state index in [0.29, 0.717) is 18.7 Å². The van der Waals surface area contributed by atoms with Gasteiger partial charge in [-0.15, -0.1) is 0 Å². The third-order valence-corrected chi connectivity index (χ3v) is 25.3. The molecule has 3 aliphatic rings. The van der Waals surface area contributed by atoms with Crippen LogP contribution in [0, 0.1) is 0 Å². The minimum atomic E-state index is -2.33. The molecule has 256 valence electrons. The van der Waals surface area contributed by atoms with Gasteiger partial charge in [-0.1, -0.05) is 62.3 Å². The highest BCUT2D eigenvalue weighted by Gasteiger charge is 2.58. The molecule has 1 fully saturated rings. The Balaban J connectivity index is 1.98. The Morgan fingerprint density at radius 1 is 0.756 bits per heavy atom. The molecule has 1 aliphatic carbocycles. The zero-order chi connectivity index (χ0) is 34.1. The van der Waals surface area contributed by atoms with Crippen molar-refractivity contribution in [1.29, 1.82) is 0 Å². The molecule has 0 N–H and O–H groups in total. The third kappa shape index (κ3) is 6.95. The Morgan fingerprint density at radius 2 is 1.22 bits per heavy atom. The van der Waals surface area contributed by atoms with Crippen LogP contribution in [0.15, 0.2) is 12.1 Å². The molecule has 4 rings (SSSR count). The van der Waals surface area contributed by atoms with Gasteiger partial charge in [0.2, 0.25) is 6.79 Å². The number of fused-ring (bicyclic) bond motifs is 4. The molecule has 1 aromatic carbocycles. The zero-order valence-electron chi connectivity index (χ0n) is 31.0. The van der Waals surface area contributed by atoms with Gasteiger partial charge >= 0.3 is 6.09 Å². The number of rotatable bonds is 6. The fourth-order valence-corrected chi connectivity index (χ4v) is 9.98. The van der Waals surface area contributed by atoms with Crippen molar-refractivity contribution in [2.45, 2.75) is 160 Å². The van der Waals surface area contributed by atoms with Crippen molar-refractivity contribution < 1.29 is 32.3 Å². The van der Waals surface area contributed by atoms with Crippen molar-refractivity contribution in [2.75, 3.05) is 13.9 Å². The van der Waals surface area contributed by atoms with E-state index in [1.807, 2.05) is 11.0 Å². The lowest BCUT2D eigenvalue weighted by molar-refractivity contribution is -0.0970. The fourth-order valence-electron chi connectivity index (χ4n) is 5.96. The van der Waals surface area contributed by atoms with E-state index < -0.39 is 25.0 Å². The molecule has 0 spiro atoms. The van der Waals surface area contributed by atoms with Crippen LogP contribution in [0.1, 0.15) is 85.8 Å². The van der Waals surface area contributed by atoms with Crippen molar-refractivity contribution >= 4 is 31.0 Å². The van der Waals surface area contributed by atoms with E-state index in [9.17, 15) is 4.79 Å². The minimum absolute atomic E-state index is 0.000248. The molecule has 5 atom stereocenters. The number of ether oxygens (including phenoxy) is 3. The SMILES string of the molecule is COC(=O)N1Cc2cc3c(cc2[C@@H]2[C@@H]1[C@H](O[Si](C)(C)C(C)(C)C)[C@H](O[Si](C)(C)C(C)(C)C)C[C@@H]2O[Si](C)(C)C(C)(C)C)OCO3. The average molecular weight is 680 g/mol. The highest BCUT2D eigenvalue weighted by atomic mass is 28.4. The first-order chi connectivity index (χ1) is 20.3. The van der Waals surface area contributed by atoms with Crippen molar-refractivity contribution in [3.05, 3.63) is 23.3 Å². The molecule has 0 saturated heterocycles. The highest BCUT2D eigenvalue weighted by molar-refractivity contribution is 6.75. The molecule has 0 aromatic heterocycles. The summed E-state index contributed by atoms with van der Waals surface area (Å²) >= 11 is 0. The predicted molar refractivity (Wildman–Crippen MR) is 188 cm³/mol. The second-order valence-corrected chi connectivity index (χ2v) is 32.2. The summed E-state index contributed by atoms with van der Waals surface area (Å²) in [6.45, 7) is 34.9. The van der Waals surface area contributed by atoms with Gasteiger partial charge in [0.15, 0.2) is 36.5 Å². The summed E-state index contributed by atoms with van der Waals surface area (Å²) in [6, 6.07) is 3.82. The Hall–Kier alpha value is -1.38. The van der Waals surface area contributed by atoms with E-state index in [4.69, 9.17) is 27.5 Å². The van der Waals surface area contributed by atoms with Gasteiger partial charge in [0.1, 0.15) is 0 Å². The Kier molecular flexibility index (Phi) is 9.68. The molecular formula is C34H61NO7Si3. The average Bonchev–Trinajstić information content (AvgIpc) is 3.33. The number of hydrogen-bond donors (Lipinski definition) is 0. The second-order valence-electron chi connectivity index (χ2n) is 17.9. The number of hydrogen-bond acceptors (Lipinski definition) is 7. The van der Waals surface area contributed by atoms with Crippen LogP contribution in [-0.2, 0) is 24.6 Å². The summed E-state index contributed by atoms with van der Waals surface area (Å²) in [6.07, 6.45) is -0.490. The standard InChI is InChI=1S/C34H61NO7Si3/c1-32(2,3)43(11,12)40-26-19-27(41-44(13,14)33(4,5)6)30(42-45(15,16)34(7,8)9)29-28(26)23-18-25-24(38-21-39-25)17-22(23)20-35(29)31(36)37-10/h17-18,26-30H,19-21H2,1-16H3/t26-,27+,28-,29+,30+/m0/s1. The van der Waals surface area contributed by atoms with E-state index in [-0.39, 0.29) is 58.3 Å². The number of carbonyl (C=O) groups excluding carboxylic acids is 1.